The van der Waals surface area contributed by atoms with Gasteiger partial charge in [0.15, 0.2) is 5.78 Å². The maximum Gasteiger partial charge on any atom is 0.270 e. The topological polar surface area (TPSA) is 59.1 Å². The maximum atomic E-state index is 12.0. The van der Waals surface area contributed by atoms with Crippen LogP contribution in [0.1, 0.15) is 57.6 Å². The molecule has 19 heavy (non-hydrogen) atoms. The number of Topliss-reactive ketones (excluding diaryl/α,β-unsaturated/α-hetero) is 1. The molecule has 1 amide bonds. The molecule has 0 aliphatic carbocycles. The van der Waals surface area contributed by atoms with Crippen LogP contribution in [0.25, 0.3) is 0 Å². The molecule has 0 fully saturated rings. The van der Waals surface area contributed by atoms with E-state index in [-0.39, 0.29) is 17.1 Å². The fourth-order valence-corrected chi connectivity index (χ4v) is 1.41. The van der Waals surface area contributed by atoms with Crippen molar-refractivity contribution in [1.82, 2.24) is 10.3 Å². The first-order valence-electron chi connectivity index (χ1n) is 6.34. The lowest BCUT2D eigenvalue weighted by Gasteiger charge is -2.23. The lowest BCUT2D eigenvalue weighted by molar-refractivity contribution is -0.121. The lowest BCUT2D eigenvalue weighted by Crippen LogP contribution is -2.48. The van der Waals surface area contributed by atoms with Gasteiger partial charge in [0.05, 0.1) is 5.54 Å². The van der Waals surface area contributed by atoms with Crippen LogP contribution < -0.4 is 5.32 Å². The molecular formula is C15H22N2O2. The average molecular weight is 262 g/mol. The number of aromatic nitrogens is 1. The molecule has 1 heterocycles. The number of ketones is 1. The molecule has 0 saturated carbocycles. The van der Waals surface area contributed by atoms with Crippen LogP contribution >= 0.6 is 0 Å². The maximum absolute atomic E-state index is 12.0. The van der Waals surface area contributed by atoms with Gasteiger partial charge in [0, 0.05) is 6.20 Å². The summed E-state index contributed by atoms with van der Waals surface area (Å²) in [6.07, 6.45) is 1.70. The second kappa shape index (κ2) is 5.11. The van der Waals surface area contributed by atoms with E-state index in [1.54, 1.807) is 26.1 Å². The van der Waals surface area contributed by atoms with Crippen molar-refractivity contribution < 1.29 is 9.59 Å². The van der Waals surface area contributed by atoms with Gasteiger partial charge in [-0.25, -0.2) is 0 Å². The first-order chi connectivity index (χ1) is 8.54. The highest BCUT2D eigenvalue weighted by molar-refractivity contribution is 5.97. The molecule has 1 aromatic rings. The summed E-state index contributed by atoms with van der Waals surface area (Å²) in [5.41, 5.74) is 0.513. The van der Waals surface area contributed by atoms with Crippen molar-refractivity contribution in [1.29, 1.82) is 0 Å². The van der Waals surface area contributed by atoms with E-state index in [1.165, 1.54) is 6.92 Å². The zero-order valence-electron chi connectivity index (χ0n) is 12.5. The van der Waals surface area contributed by atoms with Crippen LogP contribution in [-0.2, 0) is 10.2 Å². The Morgan fingerprint density at radius 2 is 1.68 bits per heavy atom. The molecule has 0 unspecified atom stereocenters. The van der Waals surface area contributed by atoms with E-state index in [2.05, 4.69) is 31.1 Å². The molecule has 0 aromatic carbocycles. The van der Waals surface area contributed by atoms with Crippen LogP contribution in [0.5, 0.6) is 0 Å². The Morgan fingerprint density at radius 3 is 2.05 bits per heavy atom. The minimum Gasteiger partial charge on any atom is -0.339 e. The van der Waals surface area contributed by atoms with E-state index >= 15 is 0 Å². The highest BCUT2D eigenvalue weighted by Gasteiger charge is 2.26. The van der Waals surface area contributed by atoms with Crippen molar-refractivity contribution in [2.24, 2.45) is 0 Å². The molecule has 0 bridgehead atoms. The summed E-state index contributed by atoms with van der Waals surface area (Å²) in [5, 5.41) is 2.68. The zero-order chi connectivity index (χ0) is 14.8. The number of hydrogen-bond donors (Lipinski definition) is 1. The fourth-order valence-electron chi connectivity index (χ4n) is 1.41. The van der Waals surface area contributed by atoms with Gasteiger partial charge in [-0.05, 0) is 37.8 Å². The van der Waals surface area contributed by atoms with Crippen LogP contribution in [0.4, 0.5) is 0 Å². The van der Waals surface area contributed by atoms with E-state index in [0.29, 0.717) is 5.69 Å². The first kappa shape index (κ1) is 15.3. The van der Waals surface area contributed by atoms with Gasteiger partial charge in [0.1, 0.15) is 5.69 Å². The minimum atomic E-state index is -0.874. The van der Waals surface area contributed by atoms with Crippen molar-refractivity contribution in [2.45, 2.75) is 52.5 Å². The summed E-state index contributed by atoms with van der Waals surface area (Å²) in [6.45, 7) is 11.1. The summed E-state index contributed by atoms with van der Waals surface area (Å²) in [5.74, 6) is -0.423. The monoisotopic (exact) mass is 262 g/mol. The largest absolute Gasteiger partial charge is 0.339 e. The molecule has 0 atom stereocenters. The van der Waals surface area contributed by atoms with Gasteiger partial charge in [0.25, 0.3) is 5.91 Å². The Hall–Kier alpha value is -1.71. The molecule has 0 aliphatic rings. The number of rotatable bonds is 3. The van der Waals surface area contributed by atoms with Crippen LogP contribution in [0.2, 0.25) is 0 Å². The Morgan fingerprint density at radius 1 is 1.11 bits per heavy atom. The highest BCUT2D eigenvalue weighted by atomic mass is 16.2. The molecule has 1 rings (SSSR count). The number of carbonyl (C=O) groups excluding carboxylic acids is 2. The fraction of sp³-hybridized carbons (Fsp3) is 0.533. The van der Waals surface area contributed by atoms with Gasteiger partial charge in [-0.1, -0.05) is 26.8 Å². The number of hydrogen-bond acceptors (Lipinski definition) is 3. The highest BCUT2D eigenvalue weighted by Crippen LogP contribution is 2.21. The Balaban J connectivity index is 2.88. The van der Waals surface area contributed by atoms with Crippen LogP contribution in [0.15, 0.2) is 18.3 Å². The molecular weight excluding hydrogens is 240 g/mol. The number of amides is 1. The smallest absolute Gasteiger partial charge is 0.270 e. The summed E-state index contributed by atoms with van der Waals surface area (Å²) in [4.78, 5) is 27.5. The van der Waals surface area contributed by atoms with E-state index in [9.17, 15) is 9.59 Å². The minimum absolute atomic E-state index is 0.000656. The zero-order valence-corrected chi connectivity index (χ0v) is 12.5. The lowest BCUT2D eigenvalue weighted by atomic mass is 9.88. The number of nitrogens with one attached hydrogen (secondary N) is 1. The van der Waals surface area contributed by atoms with E-state index in [1.807, 2.05) is 6.07 Å². The number of carbonyl (C=O) groups is 2. The molecule has 0 saturated heterocycles. The van der Waals surface area contributed by atoms with E-state index < -0.39 is 5.54 Å². The molecule has 4 nitrogen and oxygen atoms in total. The van der Waals surface area contributed by atoms with Crippen molar-refractivity contribution >= 4 is 11.7 Å². The second-order valence-electron chi connectivity index (χ2n) is 6.32. The average Bonchev–Trinajstić information content (AvgIpc) is 2.27. The summed E-state index contributed by atoms with van der Waals surface area (Å²) in [6, 6.07) is 3.58. The third-order valence-electron chi connectivity index (χ3n) is 3.17. The third kappa shape index (κ3) is 3.88. The van der Waals surface area contributed by atoms with E-state index in [0.717, 1.165) is 5.56 Å². The molecule has 104 valence electrons. The first-order valence-corrected chi connectivity index (χ1v) is 6.34. The predicted octanol–water partition coefficient (Wildman–Crippen LogP) is 2.48. The molecule has 0 spiro atoms. The van der Waals surface area contributed by atoms with Gasteiger partial charge in [0.2, 0.25) is 0 Å². The van der Waals surface area contributed by atoms with Gasteiger partial charge < -0.3 is 5.32 Å². The van der Waals surface area contributed by atoms with Crippen LogP contribution in [0.3, 0.4) is 0 Å². The van der Waals surface area contributed by atoms with Gasteiger partial charge in [-0.15, -0.1) is 0 Å². The van der Waals surface area contributed by atoms with Gasteiger partial charge in [-0.3, -0.25) is 14.6 Å². The number of nitrogens with zero attached hydrogens (tertiary/aromatic N) is 1. The SMILES string of the molecule is CC(=O)C(C)(C)NC(=O)c1ccc(C(C)(C)C)cn1. The number of pyridine rings is 1. The normalized spacial score (nSPS) is 12.1. The van der Waals surface area contributed by atoms with Gasteiger partial charge >= 0.3 is 0 Å². The summed E-state index contributed by atoms with van der Waals surface area (Å²) >= 11 is 0. The standard InChI is InChI=1S/C15H22N2O2/c1-10(18)15(5,6)17-13(19)12-8-7-11(9-16-12)14(2,3)4/h7-9H,1-6H3,(H,17,19). The quantitative estimate of drug-likeness (QED) is 0.910. The van der Waals surface area contributed by atoms with Crippen molar-refractivity contribution in [3.8, 4) is 0 Å². The van der Waals surface area contributed by atoms with Crippen LogP contribution in [0, 0.1) is 0 Å². The Bertz CT molecular complexity index is 482. The van der Waals surface area contributed by atoms with Crippen molar-refractivity contribution in [2.75, 3.05) is 0 Å². The molecule has 1 N–H and O–H groups in total. The molecule has 1 aromatic heterocycles. The van der Waals surface area contributed by atoms with E-state index in [4.69, 9.17) is 0 Å². The third-order valence-corrected chi connectivity index (χ3v) is 3.17. The summed E-state index contributed by atoms with van der Waals surface area (Å²) < 4.78 is 0. The molecule has 4 heteroatoms. The second-order valence-corrected chi connectivity index (χ2v) is 6.32. The predicted molar refractivity (Wildman–Crippen MR) is 75.2 cm³/mol. The van der Waals surface area contributed by atoms with Crippen LogP contribution in [-0.4, -0.2) is 22.2 Å². The Labute approximate surface area is 114 Å². The molecule has 0 aliphatic heterocycles. The van der Waals surface area contributed by atoms with Crippen molar-refractivity contribution in [3.05, 3.63) is 29.6 Å². The summed E-state index contributed by atoms with van der Waals surface area (Å²) in [7, 11) is 0. The van der Waals surface area contributed by atoms with Gasteiger partial charge in [-0.2, -0.15) is 0 Å². The Kier molecular flexibility index (Phi) is 4.13. The van der Waals surface area contributed by atoms with Crippen molar-refractivity contribution in [3.63, 3.8) is 0 Å². The molecule has 0 radical (unpaired) electrons.